The van der Waals surface area contributed by atoms with Crippen molar-refractivity contribution in [2.24, 2.45) is 5.92 Å². The van der Waals surface area contributed by atoms with E-state index in [1.165, 1.54) is 5.56 Å². The normalized spacial score (nSPS) is 13.2. The molecule has 0 aliphatic carbocycles. The Morgan fingerprint density at radius 3 is 1.90 bits per heavy atom. The zero-order valence-electron chi connectivity index (χ0n) is 12.3. The van der Waals surface area contributed by atoms with Crippen molar-refractivity contribution in [3.05, 3.63) is 71.3 Å². The van der Waals surface area contributed by atoms with Crippen LogP contribution in [-0.4, -0.2) is 0 Å². The van der Waals surface area contributed by atoms with Gasteiger partial charge in [-0.2, -0.15) is 10.5 Å². The van der Waals surface area contributed by atoms with Gasteiger partial charge in [0.25, 0.3) is 0 Å². The van der Waals surface area contributed by atoms with Crippen molar-refractivity contribution in [2.75, 3.05) is 0 Å². The van der Waals surface area contributed by atoms with E-state index in [0.717, 1.165) is 11.1 Å². The summed E-state index contributed by atoms with van der Waals surface area (Å²) >= 11 is 0. The topological polar surface area (TPSA) is 47.6 Å². The third-order valence-electron chi connectivity index (χ3n) is 3.96. The Hall–Kier alpha value is -2.58. The number of benzene rings is 2. The molecule has 0 saturated carbocycles. The summed E-state index contributed by atoms with van der Waals surface area (Å²) in [7, 11) is 0. The molecule has 2 rings (SSSR count). The lowest BCUT2D eigenvalue weighted by Crippen LogP contribution is -2.16. The maximum absolute atomic E-state index is 9.33. The summed E-state index contributed by atoms with van der Waals surface area (Å²) in [5.74, 6) is -0.662. The van der Waals surface area contributed by atoms with Gasteiger partial charge in [0.05, 0.1) is 12.1 Å². The van der Waals surface area contributed by atoms with E-state index in [-0.39, 0.29) is 11.8 Å². The Balaban J connectivity index is 2.43. The minimum atomic E-state index is -0.649. The zero-order chi connectivity index (χ0) is 15.2. The summed E-state index contributed by atoms with van der Waals surface area (Å²) < 4.78 is 0. The lowest BCUT2D eigenvalue weighted by Gasteiger charge is -2.25. The summed E-state index contributed by atoms with van der Waals surface area (Å²) in [6.45, 7) is 4.14. The molecule has 2 atom stereocenters. The Morgan fingerprint density at radius 1 is 0.810 bits per heavy atom. The number of aryl methyl sites for hydroxylation is 1. The molecule has 2 aromatic rings. The van der Waals surface area contributed by atoms with Crippen LogP contribution in [0, 0.1) is 35.5 Å². The van der Waals surface area contributed by atoms with E-state index in [4.69, 9.17) is 0 Å². The molecular weight excluding hydrogens is 256 g/mol. The molecule has 0 radical (unpaired) electrons. The summed E-state index contributed by atoms with van der Waals surface area (Å²) in [5, 5.41) is 18.7. The number of nitrogens with zero attached hydrogens (tertiary/aromatic N) is 2. The van der Waals surface area contributed by atoms with Crippen LogP contribution >= 0.6 is 0 Å². The highest BCUT2D eigenvalue weighted by Crippen LogP contribution is 2.38. The molecule has 0 aromatic heterocycles. The van der Waals surface area contributed by atoms with Gasteiger partial charge in [-0.1, -0.05) is 67.1 Å². The van der Waals surface area contributed by atoms with Crippen molar-refractivity contribution in [1.82, 2.24) is 0 Å². The van der Waals surface area contributed by atoms with Crippen LogP contribution in [-0.2, 0) is 0 Å². The largest absolute Gasteiger partial charge is 0.197 e. The second kappa shape index (κ2) is 6.73. The molecule has 2 aromatic carbocycles. The van der Waals surface area contributed by atoms with E-state index in [1.807, 2.05) is 30.3 Å². The van der Waals surface area contributed by atoms with E-state index >= 15 is 0 Å². The number of rotatable bonds is 4. The number of nitriles is 2. The van der Waals surface area contributed by atoms with E-state index in [2.05, 4.69) is 50.3 Å². The Morgan fingerprint density at radius 2 is 1.38 bits per heavy atom. The molecule has 2 unspecified atom stereocenters. The first kappa shape index (κ1) is 14.8. The smallest absolute Gasteiger partial charge is 0.140 e. The van der Waals surface area contributed by atoms with Gasteiger partial charge in [0.1, 0.15) is 5.92 Å². The zero-order valence-corrected chi connectivity index (χ0v) is 12.3. The van der Waals surface area contributed by atoms with Crippen molar-refractivity contribution in [3.8, 4) is 12.1 Å². The van der Waals surface area contributed by atoms with Gasteiger partial charge in [-0.15, -0.1) is 0 Å². The maximum atomic E-state index is 9.33. The van der Waals surface area contributed by atoms with Crippen LogP contribution < -0.4 is 0 Å². The standard InChI is InChI=1S/C19H18N2/c1-14-8-10-16(11-9-14)15(2)19(18(12-20)13-21)17-6-4-3-5-7-17/h3-11,15,18-19H,1-2H3. The third-order valence-corrected chi connectivity index (χ3v) is 3.96. The molecule has 0 bridgehead atoms. The highest BCUT2D eigenvalue weighted by atomic mass is 14.4. The van der Waals surface area contributed by atoms with Crippen LogP contribution in [0.5, 0.6) is 0 Å². The predicted octanol–water partition coefficient (Wildman–Crippen LogP) is 4.55. The minimum absolute atomic E-state index is 0.109. The van der Waals surface area contributed by atoms with Crippen LogP contribution in [0.3, 0.4) is 0 Å². The summed E-state index contributed by atoms with van der Waals surface area (Å²) in [6.07, 6.45) is 0. The highest BCUT2D eigenvalue weighted by Gasteiger charge is 2.29. The van der Waals surface area contributed by atoms with Crippen molar-refractivity contribution in [3.63, 3.8) is 0 Å². The lowest BCUT2D eigenvalue weighted by molar-refractivity contribution is 0.521. The van der Waals surface area contributed by atoms with Crippen LogP contribution in [0.25, 0.3) is 0 Å². The minimum Gasteiger partial charge on any atom is -0.197 e. The Kier molecular flexibility index (Phi) is 4.75. The molecule has 0 aliphatic heterocycles. The first-order valence-corrected chi connectivity index (χ1v) is 7.08. The summed E-state index contributed by atoms with van der Waals surface area (Å²) in [6, 6.07) is 22.5. The van der Waals surface area contributed by atoms with E-state index in [1.54, 1.807) is 0 Å². The average Bonchev–Trinajstić information content (AvgIpc) is 2.53. The van der Waals surface area contributed by atoms with Gasteiger partial charge in [-0.05, 0) is 24.0 Å². The van der Waals surface area contributed by atoms with Crippen LogP contribution in [0.1, 0.15) is 35.4 Å². The van der Waals surface area contributed by atoms with Gasteiger partial charge in [0, 0.05) is 5.92 Å². The predicted molar refractivity (Wildman–Crippen MR) is 83.5 cm³/mol. The molecule has 0 amide bonds. The van der Waals surface area contributed by atoms with E-state index in [9.17, 15) is 10.5 Å². The molecule has 0 aliphatic rings. The average molecular weight is 274 g/mol. The van der Waals surface area contributed by atoms with E-state index in [0.29, 0.717) is 0 Å². The van der Waals surface area contributed by atoms with Crippen LogP contribution in [0.4, 0.5) is 0 Å². The van der Waals surface area contributed by atoms with Crippen LogP contribution in [0.15, 0.2) is 54.6 Å². The van der Waals surface area contributed by atoms with Gasteiger partial charge < -0.3 is 0 Å². The molecule has 21 heavy (non-hydrogen) atoms. The fourth-order valence-corrected chi connectivity index (χ4v) is 2.71. The van der Waals surface area contributed by atoms with Gasteiger partial charge in [-0.25, -0.2) is 0 Å². The van der Waals surface area contributed by atoms with Crippen molar-refractivity contribution in [1.29, 1.82) is 10.5 Å². The van der Waals surface area contributed by atoms with Gasteiger partial charge in [0.2, 0.25) is 0 Å². The second-order valence-electron chi connectivity index (χ2n) is 5.37. The SMILES string of the molecule is Cc1ccc(C(C)C(c2ccccc2)C(C#N)C#N)cc1. The highest BCUT2D eigenvalue weighted by molar-refractivity contribution is 5.33. The van der Waals surface area contributed by atoms with Crippen molar-refractivity contribution in [2.45, 2.75) is 25.7 Å². The number of hydrogen-bond acceptors (Lipinski definition) is 2. The monoisotopic (exact) mass is 274 g/mol. The molecule has 2 heteroatoms. The lowest BCUT2D eigenvalue weighted by atomic mass is 9.75. The van der Waals surface area contributed by atoms with Crippen LogP contribution in [0.2, 0.25) is 0 Å². The fourth-order valence-electron chi connectivity index (χ4n) is 2.71. The quantitative estimate of drug-likeness (QED) is 0.821. The third kappa shape index (κ3) is 3.30. The van der Waals surface area contributed by atoms with Gasteiger partial charge >= 0.3 is 0 Å². The Labute approximate surface area is 126 Å². The molecule has 0 fully saturated rings. The molecular formula is C19H18N2. The molecule has 0 spiro atoms. The first-order chi connectivity index (χ1) is 10.2. The Bertz CT molecular complexity index is 645. The fraction of sp³-hybridized carbons (Fsp3) is 0.263. The summed E-state index contributed by atoms with van der Waals surface area (Å²) in [4.78, 5) is 0. The van der Waals surface area contributed by atoms with Gasteiger partial charge in [-0.3, -0.25) is 0 Å². The van der Waals surface area contributed by atoms with E-state index < -0.39 is 5.92 Å². The molecule has 0 N–H and O–H groups in total. The molecule has 0 saturated heterocycles. The van der Waals surface area contributed by atoms with Crippen molar-refractivity contribution >= 4 is 0 Å². The second-order valence-corrected chi connectivity index (χ2v) is 5.37. The molecule has 2 nitrogen and oxygen atoms in total. The maximum Gasteiger partial charge on any atom is 0.140 e. The number of hydrogen-bond donors (Lipinski definition) is 0. The first-order valence-electron chi connectivity index (χ1n) is 7.08. The molecule has 0 heterocycles. The molecule has 104 valence electrons. The van der Waals surface area contributed by atoms with Gasteiger partial charge in [0.15, 0.2) is 0 Å². The van der Waals surface area contributed by atoms with Crippen molar-refractivity contribution < 1.29 is 0 Å². The summed E-state index contributed by atoms with van der Waals surface area (Å²) in [5.41, 5.74) is 3.41.